The highest BCUT2D eigenvalue weighted by Gasteiger charge is 2.25. The van der Waals surface area contributed by atoms with Crippen LogP contribution in [0.25, 0.3) is 0 Å². The van der Waals surface area contributed by atoms with Crippen molar-refractivity contribution in [3.8, 4) is 0 Å². The largest absolute Gasteiger partial charge is 0.497 e. The Bertz CT molecular complexity index is 394. The summed E-state index contributed by atoms with van der Waals surface area (Å²) in [4.78, 5) is 0. The number of benzene rings is 1. The molecule has 0 radical (unpaired) electrons. The molecular formula is C13H15NO. The predicted octanol–water partition coefficient (Wildman–Crippen LogP) is 2.33. The van der Waals surface area contributed by atoms with E-state index in [1.165, 1.54) is 0 Å². The quantitative estimate of drug-likeness (QED) is 0.797. The Morgan fingerprint density at radius 1 is 1.27 bits per heavy atom. The van der Waals surface area contributed by atoms with Crippen molar-refractivity contribution >= 4 is 0 Å². The fourth-order valence-electron chi connectivity index (χ4n) is 1.75. The van der Waals surface area contributed by atoms with Gasteiger partial charge in [-0.2, -0.15) is 0 Å². The number of allylic oxidation sites excluding steroid dienone is 1. The second-order valence-electron chi connectivity index (χ2n) is 3.75. The average Bonchev–Trinajstić information content (AvgIpc) is 2.31. The molecule has 0 spiro atoms. The van der Waals surface area contributed by atoms with Gasteiger partial charge in [0, 0.05) is 0 Å². The number of hydrogen-bond acceptors (Lipinski definition) is 2. The van der Waals surface area contributed by atoms with Crippen molar-refractivity contribution in [1.29, 1.82) is 0 Å². The highest BCUT2D eigenvalue weighted by molar-refractivity contribution is 5.35. The van der Waals surface area contributed by atoms with E-state index in [9.17, 15) is 0 Å². The molecule has 1 aromatic rings. The Morgan fingerprint density at radius 3 is 2.53 bits per heavy atom. The van der Waals surface area contributed by atoms with E-state index in [2.05, 4.69) is 12.1 Å². The van der Waals surface area contributed by atoms with Crippen molar-refractivity contribution < 1.29 is 4.74 Å². The Hall–Kier alpha value is -1.54. The molecule has 0 heterocycles. The van der Waals surface area contributed by atoms with Gasteiger partial charge in [-0.25, -0.2) is 0 Å². The van der Waals surface area contributed by atoms with Crippen molar-refractivity contribution in [2.45, 2.75) is 12.0 Å². The Kier molecular flexibility index (Phi) is 2.60. The zero-order valence-electron chi connectivity index (χ0n) is 8.81. The summed E-state index contributed by atoms with van der Waals surface area (Å²) < 4.78 is 5.14. The molecule has 0 aliphatic heterocycles. The third-order valence-corrected chi connectivity index (χ3v) is 2.73. The maximum atomic E-state index is 6.31. The molecule has 78 valence electrons. The van der Waals surface area contributed by atoms with E-state index in [1.54, 1.807) is 7.11 Å². The van der Waals surface area contributed by atoms with Gasteiger partial charge in [-0.3, -0.25) is 0 Å². The number of hydrogen-bond donors (Lipinski definition) is 1. The minimum absolute atomic E-state index is 0.386. The maximum absolute atomic E-state index is 6.31. The summed E-state index contributed by atoms with van der Waals surface area (Å²) in [6.45, 7) is 0. The second-order valence-corrected chi connectivity index (χ2v) is 3.75. The van der Waals surface area contributed by atoms with Crippen LogP contribution in [0.2, 0.25) is 0 Å². The van der Waals surface area contributed by atoms with E-state index >= 15 is 0 Å². The van der Waals surface area contributed by atoms with Crippen LogP contribution in [0.1, 0.15) is 12.0 Å². The lowest BCUT2D eigenvalue weighted by atomic mass is 9.85. The van der Waals surface area contributed by atoms with Crippen LogP contribution in [-0.4, -0.2) is 7.11 Å². The summed E-state index contributed by atoms with van der Waals surface area (Å²) in [6, 6.07) is 10.1. The first-order valence-electron chi connectivity index (χ1n) is 5.02. The molecule has 1 unspecified atom stereocenters. The number of nitrogens with two attached hydrogens (primary N) is 1. The van der Waals surface area contributed by atoms with Crippen molar-refractivity contribution in [1.82, 2.24) is 0 Å². The summed E-state index contributed by atoms with van der Waals surface area (Å²) in [5.74, 6) is 0.881. The monoisotopic (exact) mass is 201 g/mol. The lowest BCUT2D eigenvalue weighted by Crippen LogP contribution is -2.35. The van der Waals surface area contributed by atoms with E-state index in [0.717, 1.165) is 17.7 Å². The summed E-state index contributed by atoms with van der Waals surface area (Å²) >= 11 is 0. The van der Waals surface area contributed by atoms with Crippen molar-refractivity contribution in [3.05, 3.63) is 59.9 Å². The van der Waals surface area contributed by atoms with Crippen LogP contribution >= 0.6 is 0 Å². The second kappa shape index (κ2) is 3.91. The molecule has 1 aromatic carbocycles. The summed E-state index contributed by atoms with van der Waals surface area (Å²) in [6.07, 6.45) is 6.72. The van der Waals surface area contributed by atoms with Gasteiger partial charge in [-0.15, -0.1) is 0 Å². The van der Waals surface area contributed by atoms with Crippen LogP contribution in [0.4, 0.5) is 0 Å². The molecule has 0 saturated heterocycles. The molecule has 2 rings (SSSR count). The zero-order chi connectivity index (χ0) is 10.7. The number of methoxy groups -OCH3 is 1. The smallest absolute Gasteiger partial charge is 0.114 e. The zero-order valence-corrected chi connectivity index (χ0v) is 8.81. The number of ether oxygens (including phenoxy) is 1. The summed E-state index contributed by atoms with van der Waals surface area (Å²) in [7, 11) is 1.67. The maximum Gasteiger partial charge on any atom is 0.114 e. The molecule has 1 aliphatic carbocycles. The summed E-state index contributed by atoms with van der Waals surface area (Å²) in [5.41, 5.74) is 7.06. The highest BCUT2D eigenvalue weighted by atomic mass is 16.5. The molecule has 0 fully saturated rings. The Labute approximate surface area is 90.1 Å². The van der Waals surface area contributed by atoms with Gasteiger partial charge >= 0.3 is 0 Å². The van der Waals surface area contributed by atoms with E-state index in [1.807, 2.05) is 36.4 Å². The van der Waals surface area contributed by atoms with Gasteiger partial charge in [0.05, 0.1) is 12.6 Å². The van der Waals surface area contributed by atoms with Crippen LogP contribution < -0.4 is 5.73 Å². The Morgan fingerprint density at radius 2 is 2.00 bits per heavy atom. The summed E-state index contributed by atoms with van der Waals surface area (Å²) in [5, 5.41) is 0. The lowest BCUT2D eigenvalue weighted by Gasteiger charge is -2.28. The molecule has 2 heteroatoms. The lowest BCUT2D eigenvalue weighted by molar-refractivity contribution is 0.299. The first-order chi connectivity index (χ1) is 7.24. The third kappa shape index (κ3) is 1.95. The van der Waals surface area contributed by atoms with Gasteiger partial charge in [0.25, 0.3) is 0 Å². The minimum atomic E-state index is -0.386. The van der Waals surface area contributed by atoms with Crippen molar-refractivity contribution in [2.24, 2.45) is 5.73 Å². The standard InChI is InChI=1S/C13H15NO/c1-15-12-7-9-13(14,10-8-12)11-5-3-2-4-6-11/h2-9H,10,14H2,1H3. The third-order valence-electron chi connectivity index (χ3n) is 2.73. The van der Waals surface area contributed by atoms with Crippen LogP contribution in [0.3, 0.4) is 0 Å². The van der Waals surface area contributed by atoms with Crippen LogP contribution in [0.15, 0.2) is 54.3 Å². The van der Waals surface area contributed by atoms with E-state index in [-0.39, 0.29) is 5.54 Å². The molecule has 2 N–H and O–H groups in total. The van der Waals surface area contributed by atoms with Crippen LogP contribution in [-0.2, 0) is 10.3 Å². The van der Waals surface area contributed by atoms with Gasteiger partial charge in [0.2, 0.25) is 0 Å². The average molecular weight is 201 g/mol. The molecule has 1 aliphatic rings. The van der Waals surface area contributed by atoms with Gasteiger partial charge in [0.15, 0.2) is 0 Å². The SMILES string of the molecule is COC1=CCC(N)(c2ccccc2)C=C1. The van der Waals surface area contributed by atoms with Crippen molar-refractivity contribution in [3.63, 3.8) is 0 Å². The van der Waals surface area contributed by atoms with Crippen LogP contribution in [0.5, 0.6) is 0 Å². The van der Waals surface area contributed by atoms with E-state index in [0.29, 0.717) is 0 Å². The topological polar surface area (TPSA) is 35.2 Å². The van der Waals surface area contributed by atoms with Crippen LogP contribution in [0, 0.1) is 0 Å². The van der Waals surface area contributed by atoms with Crippen molar-refractivity contribution in [2.75, 3.05) is 7.11 Å². The predicted molar refractivity (Wildman–Crippen MR) is 61.2 cm³/mol. The molecule has 0 aromatic heterocycles. The molecule has 2 nitrogen and oxygen atoms in total. The fraction of sp³-hybridized carbons (Fsp3) is 0.231. The molecule has 15 heavy (non-hydrogen) atoms. The molecule has 0 amide bonds. The Balaban J connectivity index is 2.25. The minimum Gasteiger partial charge on any atom is -0.497 e. The fourth-order valence-corrected chi connectivity index (χ4v) is 1.75. The first-order valence-corrected chi connectivity index (χ1v) is 5.02. The van der Waals surface area contributed by atoms with E-state index < -0.39 is 0 Å². The van der Waals surface area contributed by atoms with E-state index in [4.69, 9.17) is 10.5 Å². The molecule has 0 bridgehead atoms. The molecule has 0 saturated carbocycles. The number of rotatable bonds is 2. The van der Waals surface area contributed by atoms with Gasteiger partial charge in [0.1, 0.15) is 5.76 Å². The van der Waals surface area contributed by atoms with Gasteiger partial charge in [-0.05, 0) is 24.1 Å². The molecular weight excluding hydrogens is 186 g/mol. The van der Waals surface area contributed by atoms with Gasteiger partial charge in [-0.1, -0.05) is 36.4 Å². The highest BCUT2D eigenvalue weighted by Crippen LogP contribution is 2.28. The van der Waals surface area contributed by atoms with Gasteiger partial charge < -0.3 is 10.5 Å². The first kappa shape index (κ1) is 9.99. The molecule has 1 atom stereocenters. The normalized spacial score (nSPS) is 24.8.